The number of esters is 1. The number of methoxy groups -OCH3 is 1. The van der Waals surface area contributed by atoms with Crippen LogP contribution in [0.4, 0.5) is 17.6 Å². The van der Waals surface area contributed by atoms with Gasteiger partial charge in [0, 0.05) is 24.2 Å². The molecule has 1 aliphatic carbocycles. The Morgan fingerprint density at radius 2 is 1.70 bits per heavy atom. The largest absolute Gasteiger partial charge is 0.469 e. The number of halogens is 4. The lowest BCUT2D eigenvalue weighted by Crippen LogP contribution is -2.41. The Morgan fingerprint density at radius 3 is 2.26 bits per heavy atom. The van der Waals surface area contributed by atoms with Crippen molar-refractivity contribution in [1.82, 2.24) is 19.8 Å². The summed E-state index contributed by atoms with van der Waals surface area (Å²) in [4.78, 5) is 24.0. The molecule has 0 unspecified atom stereocenters. The average Bonchev–Trinajstić information content (AvgIpc) is 3.21. The van der Waals surface area contributed by atoms with Gasteiger partial charge in [0.1, 0.15) is 5.69 Å². The number of sulfonamides is 1. The number of hydrogen-bond donors (Lipinski definition) is 2. The molecule has 1 aromatic carbocycles. The van der Waals surface area contributed by atoms with Crippen molar-refractivity contribution in [3.8, 4) is 11.3 Å². The minimum absolute atomic E-state index is 0.0171. The summed E-state index contributed by atoms with van der Waals surface area (Å²) in [6, 6.07) is 2.46. The van der Waals surface area contributed by atoms with Gasteiger partial charge >= 0.3 is 12.1 Å². The molecule has 0 bridgehead atoms. The van der Waals surface area contributed by atoms with E-state index in [-0.39, 0.29) is 36.7 Å². The van der Waals surface area contributed by atoms with Crippen molar-refractivity contribution < 1.29 is 40.3 Å². The summed E-state index contributed by atoms with van der Waals surface area (Å²) in [7, 11) is -3.35. The van der Waals surface area contributed by atoms with E-state index in [4.69, 9.17) is 4.74 Å². The Hall–Kier alpha value is -3.00. The number of nitrogens with one attached hydrogen (secondary N) is 2. The molecule has 1 aliphatic rings. The fourth-order valence-corrected chi connectivity index (χ4v) is 6.78. The molecule has 1 fully saturated rings. The third-order valence-corrected chi connectivity index (χ3v) is 9.14. The van der Waals surface area contributed by atoms with E-state index in [1.165, 1.54) is 32.6 Å². The molecular weight excluding hydrogens is 592 g/mol. The lowest BCUT2D eigenvalue weighted by Gasteiger charge is -2.23. The van der Waals surface area contributed by atoms with E-state index < -0.39 is 61.0 Å². The standard InChI is InChI=1S/C29H40F4N4O5S/c1-27(2,3)36-43(40,41)21-13-12-19(16-20(21)29(31,32)33)24-22(30)23(35-37(24)17-18-10-8-7-9-11-18)25(38)34-15-14-28(4,5)26(39)42-6/h12-13,16,18,36H,7-11,14-15,17H2,1-6H3,(H,34,38). The summed E-state index contributed by atoms with van der Waals surface area (Å²) in [5, 5.41) is 6.71. The van der Waals surface area contributed by atoms with E-state index >= 15 is 4.39 Å². The number of hydrogen-bond acceptors (Lipinski definition) is 6. The third-order valence-electron chi connectivity index (χ3n) is 7.33. The number of aromatic nitrogens is 2. The molecule has 3 rings (SSSR count). The zero-order valence-corrected chi connectivity index (χ0v) is 26.1. The quantitative estimate of drug-likeness (QED) is 0.257. The zero-order chi connectivity index (χ0) is 32.4. The number of alkyl halides is 3. The molecule has 2 N–H and O–H groups in total. The van der Waals surface area contributed by atoms with Crippen LogP contribution in [0.5, 0.6) is 0 Å². The van der Waals surface area contributed by atoms with Gasteiger partial charge in [-0.3, -0.25) is 14.3 Å². The smallest absolute Gasteiger partial charge is 0.417 e. The second kappa shape index (κ2) is 12.9. The zero-order valence-electron chi connectivity index (χ0n) is 25.3. The van der Waals surface area contributed by atoms with Crippen molar-refractivity contribution in [2.75, 3.05) is 13.7 Å². The van der Waals surface area contributed by atoms with Gasteiger partial charge in [0.2, 0.25) is 10.0 Å². The second-order valence-electron chi connectivity index (χ2n) is 12.6. The number of carbonyl (C=O) groups is 2. The maximum Gasteiger partial charge on any atom is 0.417 e. The van der Waals surface area contributed by atoms with Crippen molar-refractivity contribution in [2.24, 2.45) is 11.3 Å². The van der Waals surface area contributed by atoms with Crippen LogP contribution in [-0.4, -0.2) is 49.3 Å². The molecule has 240 valence electrons. The number of ether oxygens (including phenoxy) is 1. The van der Waals surface area contributed by atoms with Gasteiger partial charge in [0.05, 0.1) is 23.0 Å². The summed E-state index contributed by atoms with van der Waals surface area (Å²) in [6.07, 6.45) is -0.356. The number of rotatable bonds is 10. The molecule has 0 atom stereocenters. The molecule has 0 aliphatic heterocycles. The number of benzene rings is 1. The minimum Gasteiger partial charge on any atom is -0.469 e. The predicted molar refractivity (Wildman–Crippen MR) is 152 cm³/mol. The number of amides is 1. The Morgan fingerprint density at radius 1 is 1.07 bits per heavy atom. The Balaban J connectivity index is 2.07. The molecular formula is C29H40F4N4O5S. The van der Waals surface area contributed by atoms with Crippen LogP contribution in [0, 0.1) is 17.2 Å². The SMILES string of the molecule is COC(=O)C(C)(C)CCNC(=O)c1nn(CC2CCCCC2)c(-c2ccc(S(=O)(=O)NC(C)(C)C)c(C(F)(F)F)c2)c1F. The normalized spacial score (nSPS) is 15.4. The van der Waals surface area contributed by atoms with E-state index in [1.807, 2.05) is 0 Å². The van der Waals surface area contributed by atoms with Crippen LogP contribution in [-0.2, 0) is 32.3 Å². The molecule has 43 heavy (non-hydrogen) atoms. The maximum absolute atomic E-state index is 16.0. The number of carbonyl (C=O) groups excluding carboxylic acids is 2. The highest BCUT2D eigenvalue weighted by Crippen LogP contribution is 2.39. The van der Waals surface area contributed by atoms with Gasteiger partial charge in [0.15, 0.2) is 11.5 Å². The van der Waals surface area contributed by atoms with Crippen molar-refractivity contribution in [2.45, 2.75) is 96.3 Å². The summed E-state index contributed by atoms with van der Waals surface area (Å²) < 4.78 is 92.6. The van der Waals surface area contributed by atoms with Crippen molar-refractivity contribution >= 4 is 21.9 Å². The molecule has 0 saturated heterocycles. The van der Waals surface area contributed by atoms with Gasteiger partial charge in [-0.05, 0) is 71.9 Å². The fraction of sp³-hybridized carbons (Fsp3) is 0.621. The predicted octanol–water partition coefficient (Wildman–Crippen LogP) is 5.68. The lowest BCUT2D eigenvalue weighted by molar-refractivity contribution is -0.151. The molecule has 0 radical (unpaired) electrons. The summed E-state index contributed by atoms with van der Waals surface area (Å²) in [6.45, 7) is 7.89. The molecule has 1 aromatic heterocycles. The van der Waals surface area contributed by atoms with E-state index in [0.717, 1.165) is 44.2 Å². The van der Waals surface area contributed by atoms with Crippen LogP contribution in [0.1, 0.15) is 89.2 Å². The van der Waals surface area contributed by atoms with Gasteiger partial charge in [0.25, 0.3) is 5.91 Å². The Bertz CT molecular complexity index is 1440. The highest BCUT2D eigenvalue weighted by atomic mass is 32.2. The van der Waals surface area contributed by atoms with Gasteiger partial charge in [-0.25, -0.2) is 17.5 Å². The van der Waals surface area contributed by atoms with Gasteiger partial charge in [-0.1, -0.05) is 25.3 Å². The fourth-order valence-electron chi connectivity index (χ4n) is 5.15. The highest BCUT2D eigenvalue weighted by Gasteiger charge is 2.39. The highest BCUT2D eigenvalue weighted by molar-refractivity contribution is 7.89. The Labute approximate surface area is 249 Å². The van der Waals surface area contributed by atoms with Gasteiger partial charge in [-0.15, -0.1) is 0 Å². The lowest BCUT2D eigenvalue weighted by atomic mass is 9.89. The molecule has 1 saturated carbocycles. The van der Waals surface area contributed by atoms with Crippen LogP contribution in [0.25, 0.3) is 11.3 Å². The molecule has 2 aromatic rings. The van der Waals surface area contributed by atoms with E-state index in [0.29, 0.717) is 6.07 Å². The van der Waals surface area contributed by atoms with Crippen LogP contribution in [0.15, 0.2) is 23.1 Å². The van der Waals surface area contributed by atoms with E-state index in [2.05, 4.69) is 15.1 Å². The molecule has 14 heteroatoms. The van der Waals surface area contributed by atoms with Crippen LogP contribution in [0.3, 0.4) is 0 Å². The third kappa shape index (κ3) is 8.55. The van der Waals surface area contributed by atoms with E-state index in [9.17, 15) is 31.2 Å². The van der Waals surface area contributed by atoms with Crippen molar-refractivity contribution in [3.63, 3.8) is 0 Å². The molecule has 1 amide bonds. The monoisotopic (exact) mass is 632 g/mol. The first-order chi connectivity index (χ1) is 19.8. The molecule has 1 heterocycles. The van der Waals surface area contributed by atoms with Gasteiger partial charge < -0.3 is 10.1 Å². The van der Waals surface area contributed by atoms with Crippen molar-refractivity contribution in [1.29, 1.82) is 0 Å². The minimum atomic E-state index is -5.09. The summed E-state index contributed by atoms with van der Waals surface area (Å²) >= 11 is 0. The maximum atomic E-state index is 16.0. The van der Waals surface area contributed by atoms with Crippen LogP contribution >= 0.6 is 0 Å². The average molecular weight is 633 g/mol. The van der Waals surface area contributed by atoms with Gasteiger partial charge in [-0.2, -0.15) is 18.3 Å². The molecule has 9 nitrogen and oxygen atoms in total. The summed E-state index contributed by atoms with van der Waals surface area (Å²) in [5.74, 6) is -2.44. The molecule has 0 spiro atoms. The second-order valence-corrected chi connectivity index (χ2v) is 14.3. The topological polar surface area (TPSA) is 119 Å². The number of nitrogens with zero attached hydrogens (tertiary/aromatic N) is 2. The summed E-state index contributed by atoms with van der Waals surface area (Å²) in [5.41, 5.74) is -4.68. The van der Waals surface area contributed by atoms with Crippen molar-refractivity contribution in [3.05, 3.63) is 35.3 Å². The van der Waals surface area contributed by atoms with Crippen LogP contribution < -0.4 is 10.0 Å². The first kappa shape index (κ1) is 34.5. The van der Waals surface area contributed by atoms with Crippen LogP contribution in [0.2, 0.25) is 0 Å². The first-order valence-corrected chi connectivity index (χ1v) is 15.6. The first-order valence-electron chi connectivity index (χ1n) is 14.2. The van der Waals surface area contributed by atoms with E-state index in [1.54, 1.807) is 13.8 Å². The Kier molecular flexibility index (Phi) is 10.4.